The van der Waals surface area contributed by atoms with Crippen LogP contribution in [-0.2, 0) is 16.0 Å². The zero-order valence-electron chi connectivity index (χ0n) is 15.4. The molecule has 2 heterocycles. The highest BCUT2D eigenvalue weighted by Gasteiger charge is 2.28. The number of fused-ring (bicyclic) bond motifs is 1. The monoisotopic (exact) mass is 342 g/mol. The van der Waals surface area contributed by atoms with Gasteiger partial charge >= 0.3 is 5.97 Å². The van der Waals surface area contributed by atoms with E-state index in [0.29, 0.717) is 25.3 Å². The lowest BCUT2D eigenvalue weighted by Crippen LogP contribution is -2.48. The van der Waals surface area contributed by atoms with Crippen LogP contribution < -0.4 is 0 Å². The van der Waals surface area contributed by atoms with Gasteiger partial charge in [0.05, 0.1) is 36.1 Å². The molecule has 0 unspecified atom stereocenters. The van der Waals surface area contributed by atoms with Crippen LogP contribution in [0.4, 0.5) is 0 Å². The first kappa shape index (κ1) is 17.8. The zero-order valence-corrected chi connectivity index (χ0v) is 15.4. The molecular formula is C20H26N2O3. The van der Waals surface area contributed by atoms with Crippen molar-refractivity contribution >= 4 is 16.9 Å². The number of esters is 1. The molecule has 134 valence electrons. The van der Waals surface area contributed by atoms with Crippen molar-refractivity contribution in [2.45, 2.75) is 46.4 Å². The Kier molecular flexibility index (Phi) is 5.35. The maximum absolute atomic E-state index is 12.6. The third kappa shape index (κ3) is 3.53. The van der Waals surface area contributed by atoms with Gasteiger partial charge in [0, 0.05) is 24.5 Å². The molecule has 1 aromatic carbocycles. The number of aryl methyl sites for hydroxylation is 1. The molecule has 0 bridgehead atoms. The van der Waals surface area contributed by atoms with Crippen LogP contribution in [-0.4, -0.2) is 47.8 Å². The number of carbonyl (C=O) groups excluding carboxylic acids is 1. The van der Waals surface area contributed by atoms with Crippen LogP contribution in [0.2, 0.25) is 0 Å². The number of morpholine rings is 1. The molecule has 5 heteroatoms. The number of aromatic nitrogens is 1. The highest BCUT2D eigenvalue weighted by Crippen LogP contribution is 2.26. The largest absolute Gasteiger partial charge is 0.462 e. The summed E-state index contributed by atoms with van der Waals surface area (Å²) < 4.78 is 11.0. The van der Waals surface area contributed by atoms with Gasteiger partial charge in [0.2, 0.25) is 0 Å². The van der Waals surface area contributed by atoms with Crippen molar-refractivity contribution < 1.29 is 14.3 Å². The van der Waals surface area contributed by atoms with Gasteiger partial charge in [0.1, 0.15) is 0 Å². The average molecular weight is 342 g/mol. The van der Waals surface area contributed by atoms with Gasteiger partial charge in [-0.3, -0.25) is 9.88 Å². The van der Waals surface area contributed by atoms with Crippen LogP contribution >= 0.6 is 0 Å². The summed E-state index contributed by atoms with van der Waals surface area (Å²) in [6, 6.07) is 8.21. The molecular weight excluding hydrogens is 316 g/mol. The smallest absolute Gasteiger partial charge is 0.340 e. The second-order valence-electron chi connectivity index (χ2n) is 6.58. The first-order valence-electron chi connectivity index (χ1n) is 8.94. The Morgan fingerprint density at radius 3 is 2.88 bits per heavy atom. The summed E-state index contributed by atoms with van der Waals surface area (Å²) in [6.07, 6.45) is 0.168. The molecule has 1 saturated heterocycles. The number of para-hydroxylation sites is 1. The number of nitrogens with zero attached hydrogens (tertiary/aromatic N) is 2. The number of hydrogen-bond acceptors (Lipinski definition) is 5. The predicted molar refractivity (Wildman–Crippen MR) is 97.7 cm³/mol. The SMILES string of the molecule is CCOC(=O)c1c(CN2CCO[C@@H](C)[C@H]2C)nc2ccccc2c1C. The van der Waals surface area contributed by atoms with Gasteiger partial charge in [-0.15, -0.1) is 0 Å². The van der Waals surface area contributed by atoms with Crippen LogP contribution in [0.3, 0.4) is 0 Å². The fraction of sp³-hybridized carbons (Fsp3) is 0.500. The standard InChI is InChI=1S/C20H26N2O3/c1-5-24-20(23)19-13(2)16-8-6-7-9-17(16)21-18(19)12-22-10-11-25-15(4)14(22)3/h6-9,14-15H,5,10-12H2,1-4H3/t14-,15+/m1/s1. The summed E-state index contributed by atoms with van der Waals surface area (Å²) in [5.74, 6) is -0.290. The normalized spacial score (nSPS) is 21.4. The van der Waals surface area contributed by atoms with Crippen molar-refractivity contribution in [3.63, 3.8) is 0 Å². The van der Waals surface area contributed by atoms with Gasteiger partial charge in [0.25, 0.3) is 0 Å². The summed E-state index contributed by atoms with van der Waals surface area (Å²) >= 11 is 0. The molecule has 1 aliphatic rings. The fourth-order valence-electron chi connectivity index (χ4n) is 3.44. The molecule has 1 aliphatic heterocycles. The van der Waals surface area contributed by atoms with E-state index in [-0.39, 0.29) is 18.1 Å². The van der Waals surface area contributed by atoms with E-state index < -0.39 is 0 Å². The van der Waals surface area contributed by atoms with Crippen LogP contribution in [0.1, 0.15) is 42.4 Å². The molecule has 0 aliphatic carbocycles. The van der Waals surface area contributed by atoms with E-state index >= 15 is 0 Å². The van der Waals surface area contributed by atoms with E-state index in [1.54, 1.807) is 0 Å². The van der Waals surface area contributed by atoms with Crippen molar-refractivity contribution in [2.75, 3.05) is 19.8 Å². The third-order valence-corrected chi connectivity index (χ3v) is 5.07. The van der Waals surface area contributed by atoms with Crippen LogP contribution in [0, 0.1) is 6.92 Å². The summed E-state index contributed by atoms with van der Waals surface area (Å²) in [4.78, 5) is 19.7. The number of pyridine rings is 1. The third-order valence-electron chi connectivity index (χ3n) is 5.07. The average Bonchev–Trinajstić information content (AvgIpc) is 2.59. The lowest BCUT2D eigenvalue weighted by molar-refractivity contribution is -0.0589. The highest BCUT2D eigenvalue weighted by atomic mass is 16.5. The predicted octanol–water partition coefficient (Wildman–Crippen LogP) is 3.33. The Morgan fingerprint density at radius 2 is 2.12 bits per heavy atom. The summed E-state index contributed by atoms with van der Waals surface area (Å²) in [7, 11) is 0. The maximum atomic E-state index is 12.6. The minimum Gasteiger partial charge on any atom is -0.462 e. The quantitative estimate of drug-likeness (QED) is 0.798. The Bertz CT molecular complexity index is 775. The zero-order chi connectivity index (χ0) is 18.0. The molecule has 0 spiro atoms. The molecule has 1 fully saturated rings. The summed E-state index contributed by atoms with van der Waals surface area (Å²) in [6.45, 7) is 10.6. The van der Waals surface area contributed by atoms with Gasteiger partial charge in [-0.2, -0.15) is 0 Å². The second-order valence-corrected chi connectivity index (χ2v) is 6.58. The van der Waals surface area contributed by atoms with Crippen LogP contribution in [0.15, 0.2) is 24.3 Å². The van der Waals surface area contributed by atoms with Crippen molar-refractivity contribution in [2.24, 2.45) is 0 Å². The number of ether oxygens (including phenoxy) is 2. The summed E-state index contributed by atoms with van der Waals surface area (Å²) in [5, 5.41) is 0.998. The van der Waals surface area contributed by atoms with E-state index in [2.05, 4.69) is 18.7 Å². The minimum atomic E-state index is -0.290. The van der Waals surface area contributed by atoms with E-state index in [1.807, 2.05) is 38.1 Å². The fourth-order valence-corrected chi connectivity index (χ4v) is 3.44. The Hall–Kier alpha value is -1.98. The number of benzene rings is 1. The van der Waals surface area contributed by atoms with Gasteiger partial charge in [-0.1, -0.05) is 18.2 Å². The Morgan fingerprint density at radius 1 is 1.36 bits per heavy atom. The van der Waals surface area contributed by atoms with E-state index in [0.717, 1.165) is 28.7 Å². The van der Waals surface area contributed by atoms with Gasteiger partial charge in [-0.05, 0) is 39.3 Å². The van der Waals surface area contributed by atoms with E-state index in [9.17, 15) is 4.79 Å². The number of carbonyl (C=O) groups is 1. The van der Waals surface area contributed by atoms with Crippen molar-refractivity contribution in [1.82, 2.24) is 9.88 Å². The lowest BCUT2D eigenvalue weighted by Gasteiger charge is -2.37. The summed E-state index contributed by atoms with van der Waals surface area (Å²) in [5.41, 5.74) is 3.24. The van der Waals surface area contributed by atoms with Gasteiger partial charge < -0.3 is 9.47 Å². The van der Waals surface area contributed by atoms with Gasteiger partial charge in [0.15, 0.2) is 0 Å². The van der Waals surface area contributed by atoms with Crippen molar-refractivity contribution in [3.8, 4) is 0 Å². The van der Waals surface area contributed by atoms with Crippen LogP contribution in [0.5, 0.6) is 0 Å². The first-order valence-corrected chi connectivity index (χ1v) is 8.94. The molecule has 2 atom stereocenters. The second kappa shape index (κ2) is 7.50. The molecule has 25 heavy (non-hydrogen) atoms. The molecule has 5 nitrogen and oxygen atoms in total. The topological polar surface area (TPSA) is 51.7 Å². The highest BCUT2D eigenvalue weighted by molar-refractivity contribution is 5.98. The molecule has 1 aromatic heterocycles. The molecule has 0 saturated carbocycles. The van der Waals surface area contributed by atoms with E-state index in [1.165, 1.54) is 0 Å². The Balaban J connectivity index is 2.05. The maximum Gasteiger partial charge on any atom is 0.340 e. The van der Waals surface area contributed by atoms with Gasteiger partial charge in [-0.25, -0.2) is 4.79 Å². The van der Waals surface area contributed by atoms with E-state index in [4.69, 9.17) is 14.5 Å². The number of rotatable bonds is 4. The molecule has 0 amide bonds. The van der Waals surface area contributed by atoms with Crippen LogP contribution in [0.25, 0.3) is 10.9 Å². The first-order chi connectivity index (χ1) is 12.0. The lowest BCUT2D eigenvalue weighted by atomic mass is 10.0. The van der Waals surface area contributed by atoms with Crippen molar-refractivity contribution in [1.29, 1.82) is 0 Å². The molecule has 0 N–H and O–H groups in total. The molecule has 0 radical (unpaired) electrons. The molecule has 2 aromatic rings. The minimum absolute atomic E-state index is 0.168. The van der Waals surface area contributed by atoms with Crippen molar-refractivity contribution in [3.05, 3.63) is 41.1 Å². The Labute approximate surface area is 148 Å². The molecule has 3 rings (SSSR count). The number of hydrogen-bond donors (Lipinski definition) is 0.